The highest BCUT2D eigenvalue weighted by Gasteiger charge is 2.16. The lowest BCUT2D eigenvalue weighted by Crippen LogP contribution is -2.16. The molecule has 16 heavy (non-hydrogen) atoms. The third-order valence-electron chi connectivity index (χ3n) is 3.27. The topological polar surface area (TPSA) is 29.9 Å². The van der Waals surface area contributed by atoms with Crippen molar-refractivity contribution in [2.24, 2.45) is 0 Å². The zero-order chi connectivity index (χ0) is 11.1. The van der Waals surface area contributed by atoms with E-state index in [4.69, 9.17) is 4.98 Å². The van der Waals surface area contributed by atoms with Crippen LogP contribution in [-0.2, 0) is 6.54 Å². The predicted molar refractivity (Wildman–Crippen MR) is 66.9 cm³/mol. The normalized spacial score (nSPS) is 15.2. The standard InChI is InChI=1S/C13H17N3/c1-9(2)10-5-3-6-11-12(10)15-13-14-7-4-8-16(11)13/h3,5-6,9H,4,7-8H2,1-2H3,(H,14,15). The molecule has 2 heterocycles. The van der Waals surface area contributed by atoms with Crippen LogP contribution in [0.1, 0.15) is 31.7 Å². The Kier molecular flexibility index (Phi) is 2.13. The summed E-state index contributed by atoms with van der Waals surface area (Å²) in [5, 5.41) is 3.37. The first kappa shape index (κ1) is 9.70. The smallest absolute Gasteiger partial charge is 0.203 e. The van der Waals surface area contributed by atoms with Gasteiger partial charge in [0.25, 0.3) is 0 Å². The largest absolute Gasteiger partial charge is 0.356 e. The molecule has 0 saturated heterocycles. The van der Waals surface area contributed by atoms with Gasteiger partial charge in [-0.05, 0) is 24.0 Å². The van der Waals surface area contributed by atoms with E-state index in [2.05, 4.69) is 41.9 Å². The van der Waals surface area contributed by atoms with Crippen molar-refractivity contribution < 1.29 is 0 Å². The highest BCUT2D eigenvalue weighted by molar-refractivity contribution is 5.82. The van der Waals surface area contributed by atoms with Crippen LogP contribution in [0.3, 0.4) is 0 Å². The number of nitrogens with zero attached hydrogens (tertiary/aromatic N) is 2. The highest BCUT2D eigenvalue weighted by Crippen LogP contribution is 2.28. The number of benzene rings is 1. The molecule has 3 heteroatoms. The van der Waals surface area contributed by atoms with Crippen LogP contribution in [0.2, 0.25) is 0 Å². The van der Waals surface area contributed by atoms with Crippen molar-refractivity contribution >= 4 is 17.0 Å². The number of hydrogen-bond donors (Lipinski definition) is 1. The van der Waals surface area contributed by atoms with Crippen LogP contribution in [0, 0.1) is 0 Å². The summed E-state index contributed by atoms with van der Waals surface area (Å²) in [6, 6.07) is 6.50. The Morgan fingerprint density at radius 1 is 1.38 bits per heavy atom. The van der Waals surface area contributed by atoms with Crippen molar-refractivity contribution in [3.63, 3.8) is 0 Å². The van der Waals surface area contributed by atoms with Gasteiger partial charge in [-0.2, -0.15) is 0 Å². The molecule has 0 aliphatic carbocycles. The van der Waals surface area contributed by atoms with E-state index < -0.39 is 0 Å². The molecule has 0 fully saturated rings. The summed E-state index contributed by atoms with van der Waals surface area (Å²) in [4.78, 5) is 4.73. The molecule has 0 unspecified atom stereocenters. The van der Waals surface area contributed by atoms with Crippen molar-refractivity contribution in [2.75, 3.05) is 11.9 Å². The minimum atomic E-state index is 0.528. The van der Waals surface area contributed by atoms with Crippen LogP contribution in [0.15, 0.2) is 18.2 Å². The monoisotopic (exact) mass is 215 g/mol. The third-order valence-corrected chi connectivity index (χ3v) is 3.27. The molecular formula is C13H17N3. The lowest BCUT2D eigenvalue weighted by molar-refractivity contribution is 0.642. The molecule has 0 saturated carbocycles. The number of aryl methyl sites for hydroxylation is 1. The molecule has 3 rings (SSSR count). The zero-order valence-corrected chi connectivity index (χ0v) is 9.83. The van der Waals surface area contributed by atoms with Crippen molar-refractivity contribution in [3.05, 3.63) is 23.8 Å². The Hall–Kier alpha value is -1.51. The van der Waals surface area contributed by atoms with Gasteiger partial charge in [0.15, 0.2) is 0 Å². The molecule has 1 aromatic heterocycles. The van der Waals surface area contributed by atoms with Gasteiger partial charge in [-0.25, -0.2) is 4.98 Å². The average Bonchev–Trinajstić information content (AvgIpc) is 2.67. The lowest BCUT2D eigenvalue weighted by atomic mass is 10.0. The van der Waals surface area contributed by atoms with Gasteiger partial charge in [-0.15, -0.1) is 0 Å². The fourth-order valence-electron chi connectivity index (χ4n) is 2.43. The average molecular weight is 215 g/mol. The Morgan fingerprint density at radius 2 is 2.25 bits per heavy atom. The number of fused-ring (bicyclic) bond motifs is 3. The molecule has 3 nitrogen and oxygen atoms in total. The maximum atomic E-state index is 4.73. The molecule has 0 radical (unpaired) electrons. The summed E-state index contributed by atoms with van der Waals surface area (Å²) in [6.45, 7) is 6.57. The molecule has 0 atom stereocenters. The zero-order valence-electron chi connectivity index (χ0n) is 9.83. The molecular weight excluding hydrogens is 198 g/mol. The van der Waals surface area contributed by atoms with Crippen LogP contribution in [-0.4, -0.2) is 16.1 Å². The number of imidazole rings is 1. The van der Waals surface area contributed by atoms with E-state index in [0.717, 1.165) is 19.0 Å². The fourth-order valence-corrected chi connectivity index (χ4v) is 2.43. The fraction of sp³-hybridized carbons (Fsp3) is 0.462. The van der Waals surface area contributed by atoms with E-state index in [1.54, 1.807) is 0 Å². The number of nitrogens with one attached hydrogen (secondary N) is 1. The van der Waals surface area contributed by atoms with Gasteiger partial charge >= 0.3 is 0 Å². The van der Waals surface area contributed by atoms with Crippen molar-refractivity contribution in [1.29, 1.82) is 0 Å². The third kappa shape index (κ3) is 1.31. The van der Waals surface area contributed by atoms with E-state index in [1.807, 2.05) is 0 Å². The summed E-state index contributed by atoms with van der Waals surface area (Å²) in [6.07, 6.45) is 1.18. The van der Waals surface area contributed by atoms with Crippen LogP contribution in [0.4, 0.5) is 5.95 Å². The second kappa shape index (κ2) is 3.51. The van der Waals surface area contributed by atoms with Gasteiger partial charge in [-0.1, -0.05) is 26.0 Å². The highest BCUT2D eigenvalue weighted by atomic mass is 15.2. The number of rotatable bonds is 1. The summed E-state index contributed by atoms with van der Waals surface area (Å²) < 4.78 is 2.30. The van der Waals surface area contributed by atoms with Crippen LogP contribution in [0.25, 0.3) is 11.0 Å². The maximum absolute atomic E-state index is 4.73. The number of anilines is 1. The molecule has 0 amide bonds. The molecule has 1 aromatic carbocycles. The van der Waals surface area contributed by atoms with Crippen LogP contribution >= 0.6 is 0 Å². The van der Waals surface area contributed by atoms with Gasteiger partial charge in [0.1, 0.15) is 0 Å². The van der Waals surface area contributed by atoms with E-state index in [-0.39, 0.29) is 0 Å². The second-order valence-corrected chi connectivity index (χ2v) is 4.74. The van der Waals surface area contributed by atoms with E-state index >= 15 is 0 Å². The van der Waals surface area contributed by atoms with Gasteiger partial charge < -0.3 is 9.88 Å². The number of para-hydroxylation sites is 1. The molecule has 2 aromatic rings. The number of hydrogen-bond acceptors (Lipinski definition) is 2. The Balaban J connectivity index is 2.29. The van der Waals surface area contributed by atoms with Gasteiger partial charge in [-0.3, -0.25) is 0 Å². The van der Waals surface area contributed by atoms with E-state index in [9.17, 15) is 0 Å². The summed E-state index contributed by atoms with van der Waals surface area (Å²) in [5.41, 5.74) is 3.79. The van der Waals surface area contributed by atoms with E-state index in [1.165, 1.54) is 23.0 Å². The quantitative estimate of drug-likeness (QED) is 0.792. The SMILES string of the molecule is CC(C)c1cccc2c1nc1n2CCCN1. The first-order chi connectivity index (χ1) is 7.77. The van der Waals surface area contributed by atoms with Gasteiger partial charge in [0, 0.05) is 13.1 Å². The molecule has 1 aliphatic rings. The van der Waals surface area contributed by atoms with Gasteiger partial charge in [0.2, 0.25) is 5.95 Å². The van der Waals surface area contributed by atoms with Crippen molar-refractivity contribution in [1.82, 2.24) is 9.55 Å². The second-order valence-electron chi connectivity index (χ2n) is 4.74. The summed E-state index contributed by atoms with van der Waals surface area (Å²) >= 11 is 0. The van der Waals surface area contributed by atoms with Crippen LogP contribution < -0.4 is 5.32 Å². The lowest BCUT2D eigenvalue weighted by Gasteiger charge is -2.15. The first-order valence-corrected chi connectivity index (χ1v) is 6.00. The van der Waals surface area contributed by atoms with Crippen LogP contribution in [0.5, 0.6) is 0 Å². The Bertz CT molecular complexity index is 525. The minimum absolute atomic E-state index is 0.528. The van der Waals surface area contributed by atoms with Crippen molar-refractivity contribution in [3.8, 4) is 0 Å². The molecule has 1 N–H and O–H groups in total. The van der Waals surface area contributed by atoms with E-state index in [0.29, 0.717) is 5.92 Å². The number of aromatic nitrogens is 2. The Morgan fingerprint density at radius 3 is 3.06 bits per heavy atom. The predicted octanol–water partition coefficient (Wildman–Crippen LogP) is 2.98. The molecule has 0 bridgehead atoms. The Labute approximate surface area is 95.5 Å². The molecule has 0 spiro atoms. The molecule has 1 aliphatic heterocycles. The first-order valence-electron chi connectivity index (χ1n) is 6.00. The van der Waals surface area contributed by atoms with Gasteiger partial charge in [0.05, 0.1) is 11.0 Å². The maximum Gasteiger partial charge on any atom is 0.203 e. The molecule has 84 valence electrons. The summed E-state index contributed by atoms with van der Waals surface area (Å²) in [5.74, 6) is 1.56. The minimum Gasteiger partial charge on any atom is -0.356 e. The van der Waals surface area contributed by atoms with Crippen molar-refractivity contribution in [2.45, 2.75) is 32.7 Å². The summed E-state index contributed by atoms with van der Waals surface area (Å²) in [7, 11) is 0.